The van der Waals surface area contributed by atoms with E-state index >= 15 is 0 Å². The second kappa shape index (κ2) is 9.24. The molecule has 0 spiro atoms. The molecule has 0 aliphatic carbocycles. The number of ketones is 1. The van der Waals surface area contributed by atoms with Crippen LogP contribution in [0.5, 0.6) is 11.5 Å². The predicted octanol–water partition coefficient (Wildman–Crippen LogP) is 4.62. The maximum Gasteiger partial charge on any atom is 0.296 e. The zero-order valence-electron chi connectivity index (χ0n) is 18.7. The lowest BCUT2D eigenvalue weighted by atomic mass is 9.97. The Balaban J connectivity index is 1.80. The van der Waals surface area contributed by atoms with E-state index in [1.54, 1.807) is 44.4 Å². The monoisotopic (exact) mass is 447 g/mol. The maximum absolute atomic E-state index is 13.1. The Morgan fingerprint density at radius 2 is 1.91 bits per heavy atom. The van der Waals surface area contributed by atoms with Gasteiger partial charge in [0.05, 0.1) is 25.6 Å². The number of benzene rings is 2. The first-order chi connectivity index (χ1) is 15.9. The number of likely N-dealkylation sites (tertiary alicyclic amines) is 1. The number of Topliss-reactive ketones (excluding diaryl/α,β-unsaturated/α-hetero) is 1. The van der Waals surface area contributed by atoms with Crippen LogP contribution in [0.2, 0.25) is 0 Å². The first-order valence-corrected chi connectivity index (χ1v) is 10.6. The molecule has 1 aromatic heterocycles. The standard InChI is InChI=1S/C26H25NO6/c1-4-32-19-8-5-7-17(14-19)15-27-23(21-9-6-12-33-21)22(25(29)26(27)30)24(28)20-11-10-18(31-3)13-16(20)2/h5-14,23,28H,4,15H2,1-3H3/b24-22-. The van der Waals surface area contributed by atoms with Crippen LogP contribution in [-0.4, -0.2) is 35.4 Å². The van der Waals surface area contributed by atoms with E-state index in [0.29, 0.717) is 35.0 Å². The molecule has 33 heavy (non-hydrogen) atoms. The van der Waals surface area contributed by atoms with Crippen LogP contribution in [0.1, 0.15) is 35.4 Å². The number of carbonyl (C=O) groups is 2. The van der Waals surface area contributed by atoms with E-state index in [4.69, 9.17) is 13.9 Å². The van der Waals surface area contributed by atoms with Crippen LogP contribution in [0.4, 0.5) is 0 Å². The minimum atomic E-state index is -0.864. The number of rotatable bonds is 7. The summed E-state index contributed by atoms with van der Waals surface area (Å²) in [5.41, 5.74) is 1.94. The molecule has 7 heteroatoms. The Morgan fingerprint density at radius 3 is 2.58 bits per heavy atom. The lowest BCUT2D eigenvalue weighted by Crippen LogP contribution is -2.29. The summed E-state index contributed by atoms with van der Waals surface area (Å²) in [6.45, 7) is 4.36. The molecule has 1 saturated heterocycles. The van der Waals surface area contributed by atoms with Crippen LogP contribution in [0, 0.1) is 6.92 Å². The molecule has 2 aromatic carbocycles. The number of hydrogen-bond acceptors (Lipinski definition) is 6. The molecule has 2 heterocycles. The second-order valence-electron chi connectivity index (χ2n) is 7.70. The van der Waals surface area contributed by atoms with Crippen LogP contribution in [0.3, 0.4) is 0 Å². The molecule has 1 aliphatic heterocycles. The van der Waals surface area contributed by atoms with E-state index in [2.05, 4.69) is 0 Å². The van der Waals surface area contributed by atoms with Crippen molar-refractivity contribution in [3.05, 3.63) is 88.9 Å². The van der Waals surface area contributed by atoms with E-state index in [1.807, 2.05) is 31.2 Å². The van der Waals surface area contributed by atoms with Crippen LogP contribution in [0.15, 0.2) is 70.9 Å². The molecular formula is C26H25NO6. The molecule has 3 aromatic rings. The number of hydrogen-bond donors (Lipinski definition) is 1. The Morgan fingerprint density at radius 1 is 1.09 bits per heavy atom. The largest absolute Gasteiger partial charge is 0.507 e. The first-order valence-electron chi connectivity index (χ1n) is 10.6. The van der Waals surface area contributed by atoms with Gasteiger partial charge in [-0.25, -0.2) is 0 Å². The fourth-order valence-electron chi connectivity index (χ4n) is 4.06. The number of aliphatic hydroxyl groups is 1. The molecule has 1 amide bonds. The number of methoxy groups -OCH3 is 1. The SMILES string of the molecule is CCOc1cccc(CN2C(=O)C(=O)/C(=C(\O)c3ccc(OC)cc3C)C2c2ccco2)c1. The minimum absolute atomic E-state index is 0.0100. The molecule has 1 atom stereocenters. The van der Waals surface area contributed by atoms with Gasteiger partial charge in [-0.3, -0.25) is 9.59 Å². The van der Waals surface area contributed by atoms with Crippen LogP contribution >= 0.6 is 0 Å². The van der Waals surface area contributed by atoms with Gasteiger partial charge < -0.3 is 23.9 Å². The number of furan rings is 1. The third-order valence-corrected chi connectivity index (χ3v) is 5.60. The normalized spacial score (nSPS) is 17.4. The lowest BCUT2D eigenvalue weighted by molar-refractivity contribution is -0.140. The summed E-state index contributed by atoms with van der Waals surface area (Å²) in [7, 11) is 1.55. The van der Waals surface area contributed by atoms with E-state index in [9.17, 15) is 14.7 Å². The van der Waals surface area contributed by atoms with Gasteiger partial charge in [0.15, 0.2) is 0 Å². The summed E-state index contributed by atoms with van der Waals surface area (Å²) in [5, 5.41) is 11.2. The van der Waals surface area contributed by atoms with Crippen LogP contribution in [-0.2, 0) is 16.1 Å². The summed E-state index contributed by atoms with van der Waals surface area (Å²) in [5.74, 6) is -0.0180. The Kier molecular flexibility index (Phi) is 6.22. The van der Waals surface area contributed by atoms with E-state index in [1.165, 1.54) is 11.2 Å². The summed E-state index contributed by atoms with van der Waals surface area (Å²) in [6.07, 6.45) is 1.48. The number of aliphatic hydroxyl groups excluding tert-OH is 1. The predicted molar refractivity (Wildman–Crippen MR) is 122 cm³/mol. The van der Waals surface area contributed by atoms with Crippen molar-refractivity contribution in [3.8, 4) is 11.5 Å². The van der Waals surface area contributed by atoms with Crippen LogP contribution in [0.25, 0.3) is 5.76 Å². The van der Waals surface area contributed by atoms with Crippen molar-refractivity contribution < 1.29 is 28.6 Å². The van der Waals surface area contributed by atoms with Gasteiger partial charge in [-0.05, 0) is 67.4 Å². The summed E-state index contributed by atoms with van der Waals surface area (Å²) < 4.78 is 16.4. The van der Waals surface area contributed by atoms with Crippen molar-refractivity contribution >= 4 is 17.4 Å². The smallest absolute Gasteiger partial charge is 0.296 e. The van der Waals surface area contributed by atoms with Gasteiger partial charge in [0.1, 0.15) is 29.1 Å². The Labute approximate surface area is 191 Å². The van der Waals surface area contributed by atoms with Gasteiger partial charge in [-0.15, -0.1) is 0 Å². The third kappa shape index (κ3) is 4.22. The van der Waals surface area contributed by atoms with Crippen molar-refractivity contribution in [1.29, 1.82) is 0 Å². The molecule has 1 aliphatic rings. The number of amides is 1. The molecule has 1 fully saturated rings. The quantitative estimate of drug-likeness (QED) is 0.323. The Hall–Kier alpha value is -4.00. The summed E-state index contributed by atoms with van der Waals surface area (Å²) in [4.78, 5) is 27.6. The molecule has 0 bridgehead atoms. The fraction of sp³-hybridized carbons (Fsp3) is 0.231. The minimum Gasteiger partial charge on any atom is -0.507 e. The van der Waals surface area contributed by atoms with Crippen molar-refractivity contribution in [2.45, 2.75) is 26.4 Å². The summed E-state index contributed by atoms with van der Waals surface area (Å²) in [6, 6.07) is 15.0. The average molecular weight is 447 g/mol. The van der Waals surface area contributed by atoms with E-state index in [0.717, 1.165) is 5.56 Å². The number of carbonyl (C=O) groups excluding carboxylic acids is 2. The number of nitrogens with zero attached hydrogens (tertiary/aromatic N) is 1. The fourth-order valence-corrected chi connectivity index (χ4v) is 4.06. The second-order valence-corrected chi connectivity index (χ2v) is 7.70. The highest BCUT2D eigenvalue weighted by Crippen LogP contribution is 2.41. The third-order valence-electron chi connectivity index (χ3n) is 5.60. The van der Waals surface area contributed by atoms with Crippen molar-refractivity contribution in [3.63, 3.8) is 0 Å². The molecule has 170 valence electrons. The number of ether oxygens (including phenoxy) is 2. The van der Waals surface area contributed by atoms with Gasteiger partial charge in [-0.2, -0.15) is 0 Å². The highest BCUT2D eigenvalue weighted by molar-refractivity contribution is 6.46. The topological polar surface area (TPSA) is 89.2 Å². The Bertz CT molecular complexity index is 1210. The van der Waals surface area contributed by atoms with E-state index in [-0.39, 0.29) is 17.9 Å². The first kappa shape index (κ1) is 22.2. The zero-order valence-corrected chi connectivity index (χ0v) is 18.7. The molecule has 1 N–H and O–H groups in total. The molecule has 7 nitrogen and oxygen atoms in total. The number of aryl methyl sites for hydroxylation is 1. The van der Waals surface area contributed by atoms with Crippen molar-refractivity contribution in [2.75, 3.05) is 13.7 Å². The van der Waals surface area contributed by atoms with Gasteiger partial charge in [0.25, 0.3) is 11.7 Å². The van der Waals surface area contributed by atoms with Crippen LogP contribution < -0.4 is 9.47 Å². The lowest BCUT2D eigenvalue weighted by Gasteiger charge is -2.23. The highest BCUT2D eigenvalue weighted by Gasteiger charge is 2.47. The highest BCUT2D eigenvalue weighted by atomic mass is 16.5. The zero-order chi connectivity index (χ0) is 23.5. The van der Waals surface area contributed by atoms with Gasteiger partial charge in [-0.1, -0.05) is 12.1 Å². The van der Waals surface area contributed by atoms with Crippen molar-refractivity contribution in [2.24, 2.45) is 0 Å². The summed E-state index contributed by atoms with van der Waals surface area (Å²) >= 11 is 0. The molecular weight excluding hydrogens is 422 g/mol. The maximum atomic E-state index is 13.1. The van der Waals surface area contributed by atoms with Gasteiger partial charge >= 0.3 is 0 Å². The van der Waals surface area contributed by atoms with Crippen molar-refractivity contribution in [1.82, 2.24) is 4.90 Å². The molecule has 4 rings (SSSR count). The van der Waals surface area contributed by atoms with E-state index < -0.39 is 17.7 Å². The average Bonchev–Trinajstić information content (AvgIpc) is 3.42. The molecule has 0 saturated carbocycles. The van der Waals surface area contributed by atoms with Gasteiger partial charge in [0.2, 0.25) is 0 Å². The molecule has 0 radical (unpaired) electrons. The molecule has 1 unspecified atom stereocenters. The van der Waals surface area contributed by atoms with Gasteiger partial charge in [0, 0.05) is 12.1 Å².